The van der Waals surface area contributed by atoms with Crippen molar-refractivity contribution in [3.8, 4) is 11.1 Å². The van der Waals surface area contributed by atoms with Crippen LogP contribution in [0.5, 0.6) is 0 Å². The summed E-state index contributed by atoms with van der Waals surface area (Å²) in [5, 5.41) is 11.4. The van der Waals surface area contributed by atoms with Crippen LogP contribution >= 0.6 is 0 Å². The quantitative estimate of drug-likeness (QED) is 0.760. The van der Waals surface area contributed by atoms with Crippen molar-refractivity contribution >= 4 is 5.91 Å². The molecule has 1 aromatic carbocycles. The monoisotopic (exact) mass is 364 g/mol. The molecular weight excluding hydrogens is 340 g/mol. The molecule has 0 unspecified atom stereocenters. The van der Waals surface area contributed by atoms with Crippen molar-refractivity contribution in [2.45, 2.75) is 39.0 Å². The van der Waals surface area contributed by atoms with Crippen LogP contribution in [-0.4, -0.2) is 39.3 Å². The van der Waals surface area contributed by atoms with E-state index in [9.17, 15) is 4.79 Å². The van der Waals surface area contributed by atoms with Crippen LogP contribution in [0.15, 0.2) is 41.1 Å². The van der Waals surface area contributed by atoms with Gasteiger partial charge in [-0.15, -0.1) is 0 Å². The molecule has 0 aliphatic carbocycles. The van der Waals surface area contributed by atoms with Crippen LogP contribution < -0.4 is 0 Å². The Kier molecular flexibility index (Phi) is 4.79. The maximum atomic E-state index is 12.8. The number of aryl methyl sites for hydroxylation is 2. The zero-order chi connectivity index (χ0) is 18.8. The number of hydrogen-bond donors (Lipinski definition) is 1. The zero-order valence-electron chi connectivity index (χ0n) is 15.7. The molecule has 1 saturated heterocycles. The number of hydrogen-bond acceptors (Lipinski definition) is 4. The van der Waals surface area contributed by atoms with Gasteiger partial charge in [0, 0.05) is 42.8 Å². The Morgan fingerprint density at radius 2 is 2.15 bits per heavy atom. The molecule has 3 aromatic rings. The number of benzene rings is 1. The van der Waals surface area contributed by atoms with E-state index in [1.54, 1.807) is 6.07 Å². The van der Waals surface area contributed by atoms with Crippen LogP contribution in [0.3, 0.4) is 0 Å². The van der Waals surface area contributed by atoms with E-state index in [4.69, 9.17) is 4.52 Å². The van der Waals surface area contributed by atoms with E-state index in [0.29, 0.717) is 12.2 Å². The molecule has 0 bridgehead atoms. The van der Waals surface area contributed by atoms with Crippen molar-refractivity contribution < 1.29 is 9.32 Å². The maximum Gasteiger partial charge on any atom is 0.276 e. The summed E-state index contributed by atoms with van der Waals surface area (Å²) in [6, 6.07) is 10.2. The third-order valence-electron chi connectivity index (χ3n) is 5.27. The lowest BCUT2D eigenvalue weighted by atomic mass is 9.90. The average Bonchev–Trinajstić information content (AvgIpc) is 3.38. The van der Waals surface area contributed by atoms with Crippen LogP contribution in [0.25, 0.3) is 11.1 Å². The number of likely N-dealkylation sites (tertiary alicyclic amines) is 1. The zero-order valence-corrected chi connectivity index (χ0v) is 15.7. The molecule has 1 atom stereocenters. The molecule has 2 aromatic heterocycles. The van der Waals surface area contributed by atoms with Crippen molar-refractivity contribution in [1.29, 1.82) is 0 Å². The first-order valence-corrected chi connectivity index (χ1v) is 9.51. The van der Waals surface area contributed by atoms with Crippen molar-refractivity contribution in [2.24, 2.45) is 0 Å². The SMILES string of the molecule is CCc1cc(C(=O)N2CCC[C@H](c3[nH]ncc3-c3ccc(C)cc3)C2)no1. The number of piperidine rings is 1. The van der Waals surface area contributed by atoms with E-state index < -0.39 is 0 Å². The van der Waals surface area contributed by atoms with E-state index in [2.05, 4.69) is 46.5 Å². The molecule has 0 saturated carbocycles. The van der Waals surface area contributed by atoms with Gasteiger partial charge in [0.15, 0.2) is 5.69 Å². The summed E-state index contributed by atoms with van der Waals surface area (Å²) in [5.41, 5.74) is 5.00. The molecule has 1 N–H and O–H groups in total. The minimum absolute atomic E-state index is 0.0560. The highest BCUT2D eigenvalue weighted by molar-refractivity contribution is 5.92. The summed E-state index contributed by atoms with van der Waals surface area (Å²) >= 11 is 0. The van der Waals surface area contributed by atoms with Gasteiger partial charge in [-0.3, -0.25) is 9.89 Å². The molecule has 6 nitrogen and oxygen atoms in total. The lowest BCUT2D eigenvalue weighted by Gasteiger charge is -2.32. The topological polar surface area (TPSA) is 75.0 Å². The van der Waals surface area contributed by atoms with Gasteiger partial charge in [-0.05, 0) is 25.3 Å². The first-order valence-electron chi connectivity index (χ1n) is 9.51. The summed E-state index contributed by atoms with van der Waals surface area (Å²) < 4.78 is 5.20. The van der Waals surface area contributed by atoms with E-state index in [1.807, 2.05) is 18.0 Å². The molecule has 0 radical (unpaired) electrons. The summed E-state index contributed by atoms with van der Waals surface area (Å²) in [6.45, 7) is 5.47. The second-order valence-corrected chi connectivity index (χ2v) is 7.19. The van der Waals surface area contributed by atoms with Crippen molar-refractivity contribution in [3.63, 3.8) is 0 Å². The van der Waals surface area contributed by atoms with E-state index in [0.717, 1.165) is 48.4 Å². The first kappa shape index (κ1) is 17.5. The summed E-state index contributed by atoms with van der Waals surface area (Å²) in [6.07, 6.45) is 4.61. The number of aromatic amines is 1. The highest BCUT2D eigenvalue weighted by Crippen LogP contribution is 2.33. The van der Waals surface area contributed by atoms with Crippen molar-refractivity contribution in [2.75, 3.05) is 13.1 Å². The molecule has 3 heterocycles. The average molecular weight is 364 g/mol. The standard InChI is InChI=1S/C21H24N4O2/c1-3-17-11-19(24-27-17)21(26)25-10-4-5-16(13-25)20-18(12-22-23-20)15-8-6-14(2)7-9-15/h6-9,11-12,16H,3-5,10,13H2,1-2H3,(H,22,23)/t16-/m0/s1. The predicted octanol–water partition coefficient (Wildman–Crippen LogP) is 3.96. The molecule has 140 valence electrons. The fourth-order valence-electron chi connectivity index (χ4n) is 3.71. The highest BCUT2D eigenvalue weighted by atomic mass is 16.5. The fraction of sp³-hybridized carbons (Fsp3) is 0.381. The van der Waals surface area contributed by atoms with Gasteiger partial charge in [-0.25, -0.2) is 0 Å². The smallest absolute Gasteiger partial charge is 0.276 e. The van der Waals surface area contributed by atoms with E-state index >= 15 is 0 Å². The molecule has 27 heavy (non-hydrogen) atoms. The number of rotatable bonds is 4. The van der Waals surface area contributed by atoms with Crippen LogP contribution in [0.2, 0.25) is 0 Å². The predicted molar refractivity (Wildman–Crippen MR) is 103 cm³/mol. The lowest BCUT2D eigenvalue weighted by molar-refractivity contribution is 0.0695. The molecule has 1 aliphatic heterocycles. The summed E-state index contributed by atoms with van der Waals surface area (Å²) in [5.74, 6) is 0.917. The molecule has 4 rings (SSSR count). The number of aromatic nitrogens is 3. The fourth-order valence-corrected chi connectivity index (χ4v) is 3.71. The second-order valence-electron chi connectivity index (χ2n) is 7.19. The third-order valence-corrected chi connectivity index (χ3v) is 5.27. The van der Waals surface area contributed by atoms with E-state index in [1.165, 1.54) is 5.56 Å². The van der Waals surface area contributed by atoms with Gasteiger partial charge >= 0.3 is 0 Å². The van der Waals surface area contributed by atoms with E-state index in [-0.39, 0.29) is 11.8 Å². The molecule has 0 spiro atoms. The Morgan fingerprint density at radius 1 is 1.33 bits per heavy atom. The Labute approximate surface area is 158 Å². The van der Waals surface area contributed by atoms with Crippen LogP contribution in [-0.2, 0) is 6.42 Å². The van der Waals surface area contributed by atoms with Gasteiger partial charge in [0.25, 0.3) is 5.91 Å². The second kappa shape index (κ2) is 7.39. The highest BCUT2D eigenvalue weighted by Gasteiger charge is 2.29. The van der Waals surface area contributed by atoms with Crippen LogP contribution in [0, 0.1) is 6.92 Å². The number of H-pyrrole nitrogens is 1. The first-order chi connectivity index (χ1) is 13.2. The van der Waals surface area contributed by atoms with Crippen LogP contribution in [0.1, 0.15) is 53.2 Å². The normalized spacial score (nSPS) is 17.3. The van der Waals surface area contributed by atoms with Crippen LogP contribution in [0.4, 0.5) is 0 Å². The largest absolute Gasteiger partial charge is 0.361 e. The molecule has 1 aliphatic rings. The number of carbonyl (C=O) groups excluding carboxylic acids is 1. The van der Waals surface area contributed by atoms with Gasteiger partial charge < -0.3 is 9.42 Å². The minimum atomic E-state index is -0.0560. The lowest BCUT2D eigenvalue weighted by Crippen LogP contribution is -2.39. The molecular formula is C21H24N4O2. The Bertz CT molecular complexity index is 926. The Hall–Kier alpha value is -2.89. The summed E-state index contributed by atoms with van der Waals surface area (Å²) in [7, 11) is 0. The molecule has 1 amide bonds. The van der Waals surface area contributed by atoms with Gasteiger partial charge in [0.1, 0.15) is 5.76 Å². The van der Waals surface area contributed by atoms with Gasteiger partial charge in [0.2, 0.25) is 0 Å². The van der Waals surface area contributed by atoms with Crippen molar-refractivity contribution in [3.05, 3.63) is 59.2 Å². The minimum Gasteiger partial charge on any atom is -0.361 e. The third kappa shape index (κ3) is 3.52. The van der Waals surface area contributed by atoms with Gasteiger partial charge in [-0.1, -0.05) is 41.9 Å². The number of carbonyl (C=O) groups is 1. The maximum absolute atomic E-state index is 12.8. The molecule has 1 fully saturated rings. The number of nitrogens with zero attached hydrogens (tertiary/aromatic N) is 3. The van der Waals surface area contributed by atoms with Gasteiger partial charge in [-0.2, -0.15) is 5.10 Å². The molecule has 6 heteroatoms. The number of amides is 1. The summed E-state index contributed by atoms with van der Waals surface area (Å²) in [4.78, 5) is 14.7. The Balaban J connectivity index is 1.54. The van der Waals surface area contributed by atoms with Crippen molar-refractivity contribution in [1.82, 2.24) is 20.3 Å². The Morgan fingerprint density at radius 3 is 2.89 bits per heavy atom. The van der Waals surface area contributed by atoms with Gasteiger partial charge in [0.05, 0.1) is 6.20 Å². The number of nitrogens with one attached hydrogen (secondary N) is 1.